The molecule has 0 fully saturated rings. The summed E-state index contributed by atoms with van der Waals surface area (Å²) in [6.45, 7) is 1.65. The first-order valence-corrected chi connectivity index (χ1v) is 12.1. The van der Waals surface area contributed by atoms with Gasteiger partial charge in [-0.2, -0.15) is 0 Å². The normalized spacial score (nSPS) is 11.9. The number of ether oxygens (including phenoxy) is 1. The molecule has 0 aliphatic rings. The van der Waals surface area contributed by atoms with Gasteiger partial charge in [0.05, 0.1) is 4.90 Å². The Morgan fingerprint density at radius 2 is 1.47 bits per heavy atom. The van der Waals surface area contributed by atoms with E-state index in [0.29, 0.717) is 11.4 Å². The van der Waals surface area contributed by atoms with Crippen LogP contribution in [0.1, 0.15) is 6.92 Å². The van der Waals surface area contributed by atoms with Gasteiger partial charge >= 0.3 is 0 Å². The Hall–Kier alpha value is -4.17. The van der Waals surface area contributed by atoms with Crippen molar-refractivity contribution in [2.45, 2.75) is 17.9 Å². The molecule has 7 nitrogen and oxygen atoms in total. The number of nitrogens with zero attached hydrogens (tertiary/aromatic N) is 1. The van der Waals surface area contributed by atoms with Crippen molar-refractivity contribution < 1.29 is 17.9 Å². The number of pyridine rings is 1. The van der Waals surface area contributed by atoms with Crippen LogP contribution < -0.4 is 14.8 Å². The van der Waals surface area contributed by atoms with Crippen molar-refractivity contribution in [1.82, 2.24) is 4.98 Å². The van der Waals surface area contributed by atoms with Gasteiger partial charge in [0.1, 0.15) is 11.6 Å². The molecule has 34 heavy (non-hydrogen) atoms. The van der Waals surface area contributed by atoms with E-state index in [-0.39, 0.29) is 16.6 Å². The van der Waals surface area contributed by atoms with Gasteiger partial charge in [-0.25, -0.2) is 13.4 Å². The molecule has 0 bridgehead atoms. The molecule has 4 aromatic rings. The largest absolute Gasteiger partial charge is 0.481 e. The molecule has 0 radical (unpaired) electrons. The first-order valence-electron chi connectivity index (χ1n) is 10.6. The second-order valence-corrected chi connectivity index (χ2v) is 9.17. The SMILES string of the molecule is C[C@@H](Oc1ccc(-c2ccccc2)cc1)C(=O)Nc1ccc(S(=O)(=O)Nc2ccccn2)cc1. The summed E-state index contributed by atoms with van der Waals surface area (Å²) in [4.78, 5) is 16.6. The Balaban J connectivity index is 1.35. The Bertz CT molecular complexity index is 1340. The van der Waals surface area contributed by atoms with E-state index >= 15 is 0 Å². The van der Waals surface area contributed by atoms with Crippen LogP contribution in [0.5, 0.6) is 5.75 Å². The van der Waals surface area contributed by atoms with Gasteiger partial charge in [-0.15, -0.1) is 0 Å². The predicted molar refractivity (Wildman–Crippen MR) is 132 cm³/mol. The number of nitrogens with one attached hydrogen (secondary N) is 2. The quantitative estimate of drug-likeness (QED) is 0.377. The summed E-state index contributed by atoms with van der Waals surface area (Å²) in [5, 5.41) is 2.74. The third-order valence-electron chi connectivity index (χ3n) is 4.98. The highest BCUT2D eigenvalue weighted by Gasteiger charge is 2.17. The second kappa shape index (κ2) is 10.2. The van der Waals surface area contributed by atoms with Gasteiger partial charge in [-0.1, -0.05) is 48.5 Å². The lowest BCUT2D eigenvalue weighted by Crippen LogP contribution is -2.30. The first kappa shape index (κ1) is 23.0. The van der Waals surface area contributed by atoms with E-state index in [9.17, 15) is 13.2 Å². The molecular weight excluding hydrogens is 450 g/mol. The van der Waals surface area contributed by atoms with Crippen LogP contribution in [0, 0.1) is 0 Å². The van der Waals surface area contributed by atoms with Crippen LogP contribution in [0.3, 0.4) is 0 Å². The Labute approximate surface area is 198 Å². The molecule has 1 amide bonds. The average Bonchev–Trinajstić information content (AvgIpc) is 2.86. The van der Waals surface area contributed by atoms with Crippen LogP contribution in [0.15, 0.2) is 108 Å². The van der Waals surface area contributed by atoms with E-state index in [4.69, 9.17) is 4.74 Å². The maximum absolute atomic E-state index is 12.6. The van der Waals surface area contributed by atoms with Crippen LogP contribution in [0.2, 0.25) is 0 Å². The van der Waals surface area contributed by atoms with Crippen LogP contribution in [-0.2, 0) is 14.8 Å². The minimum absolute atomic E-state index is 0.0546. The molecule has 0 saturated carbocycles. The maximum atomic E-state index is 12.6. The van der Waals surface area contributed by atoms with Crippen molar-refractivity contribution in [2.75, 3.05) is 10.0 Å². The van der Waals surface area contributed by atoms with Crippen LogP contribution in [0.25, 0.3) is 11.1 Å². The molecule has 0 aliphatic carbocycles. The molecule has 1 atom stereocenters. The number of carbonyl (C=O) groups is 1. The number of carbonyl (C=O) groups excluding carboxylic acids is 1. The highest BCUT2D eigenvalue weighted by atomic mass is 32.2. The van der Waals surface area contributed by atoms with Gasteiger partial charge < -0.3 is 10.1 Å². The Kier molecular flexibility index (Phi) is 6.89. The number of amides is 1. The van der Waals surface area contributed by atoms with Gasteiger partial charge in [0.15, 0.2) is 6.10 Å². The van der Waals surface area contributed by atoms with E-state index in [1.54, 1.807) is 25.1 Å². The molecule has 0 spiro atoms. The van der Waals surface area contributed by atoms with Crippen LogP contribution in [0.4, 0.5) is 11.5 Å². The van der Waals surface area contributed by atoms with Gasteiger partial charge in [0.25, 0.3) is 15.9 Å². The second-order valence-electron chi connectivity index (χ2n) is 7.48. The molecule has 4 rings (SSSR count). The average molecular weight is 474 g/mol. The molecule has 172 valence electrons. The number of sulfonamides is 1. The van der Waals surface area contributed by atoms with Crippen molar-refractivity contribution in [3.63, 3.8) is 0 Å². The molecule has 0 unspecified atom stereocenters. The fraction of sp³-hybridized carbons (Fsp3) is 0.0769. The minimum atomic E-state index is -3.79. The van der Waals surface area contributed by atoms with Crippen molar-refractivity contribution >= 4 is 27.4 Å². The lowest BCUT2D eigenvalue weighted by atomic mass is 10.1. The van der Waals surface area contributed by atoms with Crippen molar-refractivity contribution in [3.8, 4) is 16.9 Å². The summed E-state index contributed by atoms with van der Waals surface area (Å²) >= 11 is 0. The number of aromatic nitrogens is 1. The van der Waals surface area contributed by atoms with E-state index in [1.165, 1.54) is 30.5 Å². The van der Waals surface area contributed by atoms with Crippen LogP contribution in [-0.4, -0.2) is 25.4 Å². The summed E-state index contributed by atoms with van der Waals surface area (Å²) in [5.41, 5.74) is 2.61. The van der Waals surface area contributed by atoms with E-state index in [1.807, 2.05) is 54.6 Å². The van der Waals surface area contributed by atoms with E-state index in [2.05, 4.69) is 15.0 Å². The predicted octanol–water partition coefficient (Wildman–Crippen LogP) is 4.96. The first-order chi connectivity index (χ1) is 16.4. The fourth-order valence-electron chi connectivity index (χ4n) is 3.20. The van der Waals surface area contributed by atoms with Crippen LogP contribution >= 0.6 is 0 Å². The molecule has 3 aromatic carbocycles. The number of benzene rings is 3. The summed E-state index contributed by atoms with van der Waals surface area (Å²) in [5.74, 6) is 0.446. The zero-order valence-corrected chi connectivity index (χ0v) is 19.2. The van der Waals surface area contributed by atoms with Gasteiger partial charge in [0.2, 0.25) is 0 Å². The molecule has 0 aliphatic heterocycles. The highest BCUT2D eigenvalue weighted by molar-refractivity contribution is 7.92. The fourth-order valence-corrected chi connectivity index (χ4v) is 4.20. The molecular formula is C26H23N3O4S. The smallest absolute Gasteiger partial charge is 0.265 e. The zero-order chi connectivity index (χ0) is 24.0. The van der Waals surface area contributed by atoms with E-state index in [0.717, 1.165) is 11.1 Å². The van der Waals surface area contributed by atoms with Gasteiger partial charge in [0, 0.05) is 11.9 Å². The molecule has 8 heteroatoms. The minimum Gasteiger partial charge on any atom is -0.481 e. The summed E-state index contributed by atoms with van der Waals surface area (Å²) in [6, 6.07) is 28.3. The van der Waals surface area contributed by atoms with Crippen molar-refractivity contribution in [3.05, 3.63) is 103 Å². The summed E-state index contributed by atoms with van der Waals surface area (Å²) in [7, 11) is -3.79. The Morgan fingerprint density at radius 1 is 0.824 bits per heavy atom. The molecule has 2 N–H and O–H groups in total. The molecule has 1 heterocycles. The monoisotopic (exact) mass is 473 g/mol. The van der Waals surface area contributed by atoms with Crippen molar-refractivity contribution in [2.24, 2.45) is 0 Å². The third kappa shape index (κ3) is 5.79. The summed E-state index contributed by atoms with van der Waals surface area (Å²) < 4.78 is 33.2. The Morgan fingerprint density at radius 3 is 2.12 bits per heavy atom. The van der Waals surface area contributed by atoms with E-state index < -0.39 is 16.1 Å². The lowest BCUT2D eigenvalue weighted by Gasteiger charge is -2.15. The molecule has 0 saturated heterocycles. The lowest BCUT2D eigenvalue weighted by molar-refractivity contribution is -0.122. The number of hydrogen-bond acceptors (Lipinski definition) is 5. The number of anilines is 2. The third-order valence-corrected chi connectivity index (χ3v) is 6.35. The number of hydrogen-bond donors (Lipinski definition) is 2. The van der Waals surface area contributed by atoms with Gasteiger partial charge in [-0.3, -0.25) is 9.52 Å². The molecule has 1 aromatic heterocycles. The number of rotatable bonds is 8. The highest BCUT2D eigenvalue weighted by Crippen LogP contribution is 2.23. The topological polar surface area (TPSA) is 97.4 Å². The van der Waals surface area contributed by atoms with Crippen molar-refractivity contribution in [1.29, 1.82) is 0 Å². The standard InChI is InChI=1S/C26H23N3O4S/c1-19(33-23-14-10-21(11-15-23)20-7-3-2-4-8-20)26(30)28-22-12-16-24(17-13-22)34(31,32)29-25-9-5-6-18-27-25/h2-19H,1H3,(H,27,29)(H,28,30)/t19-/m1/s1. The summed E-state index contributed by atoms with van der Waals surface area (Å²) in [6.07, 6.45) is 0.744. The van der Waals surface area contributed by atoms with Gasteiger partial charge in [-0.05, 0) is 66.6 Å². The maximum Gasteiger partial charge on any atom is 0.265 e. The zero-order valence-electron chi connectivity index (χ0n) is 18.4.